The number of rotatable bonds is 7. The fourth-order valence-electron chi connectivity index (χ4n) is 3.01. The molecular formula is C20H27NO. The second-order valence-corrected chi connectivity index (χ2v) is 5.96. The van der Waals surface area contributed by atoms with Gasteiger partial charge in [-0.1, -0.05) is 74.5 Å². The van der Waals surface area contributed by atoms with Crippen LogP contribution in [0.5, 0.6) is 0 Å². The Morgan fingerprint density at radius 2 is 1.41 bits per heavy atom. The zero-order valence-corrected chi connectivity index (χ0v) is 13.9. The normalized spacial score (nSPS) is 15.5. The van der Waals surface area contributed by atoms with E-state index >= 15 is 0 Å². The van der Waals surface area contributed by atoms with Gasteiger partial charge in [-0.05, 0) is 31.1 Å². The smallest absolute Gasteiger partial charge is 0.0949 e. The van der Waals surface area contributed by atoms with E-state index in [4.69, 9.17) is 0 Å². The summed E-state index contributed by atoms with van der Waals surface area (Å²) in [6, 6.07) is 20.3. The predicted octanol–water partition coefficient (Wildman–Crippen LogP) is 4.02. The monoisotopic (exact) mass is 297 g/mol. The molecule has 2 atom stereocenters. The lowest BCUT2D eigenvalue weighted by Gasteiger charge is -2.37. The Balaban J connectivity index is 2.39. The van der Waals surface area contributed by atoms with Crippen molar-refractivity contribution >= 4 is 0 Å². The Kier molecular flexibility index (Phi) is 5.76. The van der Waals surface area contributed by atoms with E-state index in [9.17, 15) is 5.11 Å². The molecular weight excluding hydrogens is 270 g/mol. The lowest BCUT2D eigenvalue weighted by Crippen LogP contribution is -2.39. The summed E-state index contributed by atoms with van der Waals surface area (Å²) in [5.41, 5.74) is 1.25. The van der Waals surface area contributed by atoms with Gasteiger partial charge in [0.15, 0.2) is 0 Å². The number of hydrogen-bond acceptors (Lipinski definition) is 2. The highest BCUT2D eigenvalue weighted by molar-refractivity contribution is 5.31. The van der Waals surface area contributed by atoms with Crippen molar-refractivity contribution in [2.24, 2.45) is 0 Å². The maximum atomic E-state index is 11.3. The van der Waals surface area contributed by atoms with Crippen LogP contribution in [0.25, 0.3) is 0 Å². The van der Waals surface area contributed by atoms with Gasteiger partial charge in [0.25, 0.3) is 0 Å². The van der Waals surface area contributed by atoms with E-state index in [1.165, 1.54) is 5.56 Å². The lowest BCUT2D eigenvalue weighted by atomic mass is 9.78. The minimum Gasteiger partial charge on any atom is -0.385 e. The van der Waals surface area contributed by atoms with Crippen molar-refractivity contribution in [3.8, 4) is 0 Å². The van der Waals surface area contributed by atoms with E-state index in [0.717, 1.165) is 25.2 Å². The molecule has 1 N–H and O–H groups in total. The molecule has 118 valence electrons. The molecule has 2 unspecified atom stereocenters. The molecule has 0 amide bonds. The summed E-state index contributed by atoms with van der Waals surface area (Å²) in [5, 5.41) is 11.3. The molecule has 0 fully saturated rings. The largest absolute Gasteiger partial charge is 0.385 e. The molecule has 0 heterocycles. The van der Waals surface area contributed by atoms with E-state index < -0.39 is 5.60 Å². The van der Waals surface area contributed by atoms with E-state index in [1.54, 1.807) is 0 Å². The number of benzene rings is 2. The molecule has 2 aromatic rings. The van der Waals surface area contributed by atoms with Gasteiger partial charge in [0.1, 0.15) is 0 Å². The molecule has 2 heteroatoms. The van der Waals surface area contributed by atoms with E-state index in [2.05, 4.69) is 30.9 Å². The first-order valence-corrected chi connectivity index (χ1v) is 8.14. The standard InChI is InChI=1S/C20H27NO/c1-4-21(5-2)16-19(17-12-8-6-9-13-17)20(3,22)18-14-10-7-11-15-18/h6-15,19,22H,4-5,16H2,1-3H3. The van der Waals surface area contributed by atoms with Gasteiger partial charge < -0.3 is 10.0 Å². The fraction of sp³-hybridized carbons (Fsp3) is 0.400. The molecule has 0 spiro atoms. The van der Waals surface area contributed by atoms with Gasteiger partial charge in [-0.2, -0.15) is 0 Å². The highest BCUT2D eigenvalue weighted by Crippen LogP contribution is 2.37. The first-order chi connectivity index (χ1) is 10.6. The van der Waals surface area contributed by atoms with Crippen molar-refractivity contribution in [2.45, 2.75) is 32.3 Å². The molecule has 2 nitrogen and oxygen atoms in total. The van der Waals surface area contributed by atoms with Crippen LogP contribution in [0.1, 0.15) is 37.8 Å². The summed E-state index contributed by atoms with van der Waals surface area (Å²) in [4.78, 5) is 2.37. The van der Waals surface area contributed by atoms with Crippen LogP contribution < -0.4 is 0 Å². The molecule has 0 saturated heterocycles. The fourth-order valence-corrected chi connectivity index (χ4v) is 3.01. The Morgan fingerprint density at radius 1 is 0.909 bits per heavy atom. The minimum atomic E-state index is -0.898. The van der Waals surface area contributed by atoms with Gasteiger partial charge in [-0.15, -0.1) is 0 Å². The molecule has 0 aliphatic heterocycles. The average Bonchev–Trinajstić information content (AvgIpc) is 2.57. The van der Waals surface area contributed by atoms with Gasteiger partial charge in [0.2, 0.25) is 0 Å². The molecule has 0 radical (unpaired) electrons. The van der Waals surface area contributed by atoms with Crippen molar-refractivity contribution in [3.63, 3.8) is 0 Å². The topological polar surface area (TPSA) is 23.5 Å². The molecule has 0 aliphatic rings. The Bertz CT molecular complexity index is 546. The predicted molar refractivity (Wildman–Crippen MR) is 93.0 cm³/mol. The Labute approximate surface area is 134 Å². The maximum absolute atomic E-state index is 11.3. The van der Waals surface area contributed by atoms with Crippen molar-refractivity contribution in [1.82, 2.24) is 4.90 Å². The van der Waals surface area contributed by atoms with E-state index in [-0.39, 0.29) is 5.92 Å². The molecule has 0 aromatic heterocycles. The quantitative estimate of drug-likeness (QED) is 0.834. The number of aliphatic hydroxyl groups is 1. The van der Waals surface area contributed by atoms with Gasteiger partial charge in [-0.25, -0.2) is 0 Å². The van der Waals surface area contributed by atoms with Crippen molar-refractivity contribution in [1.29, 1.82) is 0 Å². The maximum Gasteiger partial charge on any atom is 0.0949 e. The van der Waals surface area contributed by atoms with Gasteiger partial charge >= 0.3 is 0 Å². The summed E-state index contributed by atoms with van der Waals surface area (Å²) >= 11 is 0. The summed E-state index contributed by atoms with van der Waals surface area (Å²) in [6.07, 6.45) is 0. The summed E-state index contributed by atoms with van der Waals surface area (Å²) in [5.74, 6) is 0.0380. The van der Waals surface area contributed by atoms with E-state index in [0.29, 0.717) is 0 Å². The third-order valence-electron chi connectivity index (χ3n) is 4.57. The third kappa shape index (κ3) is 3.76. The van der Waals surface area contributed by atoms with Gasteiger partial charge in [0.05, 0.1) is 5.60 Å². The minimum absolute atomic E-state index is 0.0380. The van der Waals surface area contributed by atoms with Crippen LogP contribution in [0, 0.1) is 0 Å². The highest BCUT2D eigenvalue weighted by atomic mass is 16.3. The molecule has 2 aromatic carbocycles. The zero-order chi connectivity index (χ0) is 16.0. The van der Waals surface area contributed by atoms with Crippen molar-refractivity contribution < 1.29 is 5.11 Å². The molecule has 2 rings (SSSR count). The summed E-state index contributed by atoms with van der Waals surface area (Å²) in [7, 11) is 0. The third-order valence-corrected chi connectivity index (χ3v) is 4.57. The van der Waals surface area contributed by atoms with Crippen LogP contribution in [-0.2, 0) is 5.60 Å². The molecule has 22 heavy (non-hydrogen) atoms. The van der Waals surface area contributed by atoms with E-state index in [1.807, 2.05) is 55.5 Å². The van der Waals surface area contributed by atoms with Crippen LogP contribution in [0.15, 0.2) is 60.7 Å². The van der Waals surface area contributed by atoms with Crippen LogP contribution in [0.3, 0.4) is 0 Å². The van der Waals surface area contributed by atoms with Crippen LogP contribution in [0.4, 0.5) is 0 Å². The Hall–Kier alpha value is -1.64. The van der Waals surface area contributed by atoms with Gasteiger partial charge in [-0.3, -0.25) is 0 Å². The number of hydrogen-bond donors (Lipinski definition) is 1. The van der Waals surface area contributed by atoms with Crippen molar-refractivity contribution in [2.75, 3.05) is 19.6 Å². The number of likely N-dealkylation sites (N-methyl/N-ethyl adjacent to an activating group) is 1. The molecule has 0 saturated carbocycles. The first-order valence-electron chi connectivity index (χ1n) is 8.14. The van der Waals surface area contributed by atoms with Gasteiger partial charge in [0, 0.05) is 12.5 Å². The second kappa shape index (κ2) is 7.57. The second-order valence-electron chi connectivity index (χ2n) is 5.96. The van der Waals surface area contributed by atoms with Crippen LogP contribution in [0.2, 0.25) is 0 Å². The van der Waals surface area contributed by atoms with Crippen LogP contribution >= 0.6 is 0 Å². The lowest BCUT2D eigenvalue weighted by molar-refractivity contribution is 0.0139. The summed E-state index contributed by atoms with van der Waals surface area (Å²) < 4.78 is 0. The zero-order valence-electron chi connectivity index (χ0n) is 13.9. The number of nitrogens with zero attached hydrogens (tertiary/aromatic N) is 1. The Morgan fingerprint density at radius 3 is 1.91 bits per heavy atom. The molecule has 0 bridgehead atoms. The molecule has 0 aliphatic carbocycles. The summed E-state index contributed by atoms with van der Waals surface area (Å²) in [6.45, 7) is 9.10. The van der Waals surface area contributed by atoms with Crippen LogP contribution in [-0.4, -0.2) is 29.6 Å². The van der Waals surface area contributed by atoms with Crippen molar-refractivity contribution in [3.05, 3.63) is 71.8 Å². The first kappa shape index (κ1) is 16.7. The highest BCUT2D eigenvalue weighted by Gasteiger charge is 2.35. The SMILES string of the molecule is CCN(CC)CC(c1ccccc1)C(C)(O)c1ccccc1. The average molecular weight is 297 g/mol.